The molecule has 5 heteroatoms. The van der Waals surface area contributed by atoms with Crippen LogP contribution in [0.25, 0.3) is 10.9 Å². The van der Waals surface area contributed by atoms with Crippen molar-refractivity contribution in [3.05, 3.63) is 34.6 Å². The number of nitrogens with zero attached hydrogens (tertiary/aromatic N) is 3. The van der Waals surface area contributed by atoms with E-state index < -0.39 is 0 Å². The van der Waals surface area contributed by atoms with Crippen LogP contribution in [0.3, 0.4) is 0 Å². The quantitative estimate of drug-likeness (QED) is 0.935. The molecule has 21 heavy (non-hydrogen) atoms. The predicted octanol–water partition coefficient (Wildman–Crippen LogP) is 1.85. The second-order valence-corrected chi connectivity index (χ2v) is 5.59. The highest BCUT2D eigenvalue weighted by molar-refractivity contribution is 5.78. The van der Waals surface area contributed by atoms with Gasteiger partial charge in [0.15, 0.2) is 0 Å². The fourth-order valence-electron chi connectivity index (χ4n) is 2.95. The van der Waals surface area contributed by atoms with Crippen LogP contribution in [0.15, 0.2) is 29.1 Å². The van der Waals surface area contributed by atoms with Gasteiger partial charge in [0.05, 0.1) is 10.9 Å². The Hall–Kier alpha value is -1.88. The number of benzene rings is 1. The maximum atomic E-state index is 12.2. The standard InChI is InChI=1S/C16H22N4O/c1-2-8-19-9-5-10-20(12-11-19)16-17-14-7-4-3-6-13(14)15(21)18-16/h3-4,6-7H,2,5,8-12H2,1H3,(H,17,18,21). The summed E-state index contributed by atoms with van der Waals surface area (Å²) < 4.78 is 0. The largest absolute Gasteiger partial charge is 0.341 e. The van der Waals surface area contributed by atoms with E-state index in [9.17, 15) is 4.79 Å². The minimum absolute atomic E-state index is 0.0507. The highest BCUT2D eigenvalue weighted by atomic mass is 16.1. The van der Waals surface area contributed by atoms with Crippen LogP contribution >= 0.6 is 0 Å². The maximum absolute atomic E-state index is 12.2. The summed E-state index contributed by atoms with van der Waals surface area (Å²) >= 11 is 0. The number of fused-ring (bicyclic) bond motifs is 1. The third-order valence-electron chi connectivity index (χ3n) is 4.03. The zero-order valence-corrected chi connectivity index (χ0v) is 12.5. The molecule has 1 aliphatic heterocycles. The van der Waals surface area contributed by atoms with Crippen molar-refractivity contribution < 1.29 is 0 Å². The van der Waals surface area contributed by atoms with Gasteiger partial charge >= 0.3 is 0 Å². The number of aromatic amines is 1. The number of nitrogens with one attached hydrogen (secondary N) is 1. The monoisotopic (exact) mass is 286 g/mol. The molecular formula is C16H22N4O. The lowest BCUT2D eigenvalue weighted by atomic mass is 10.2. The minimum atomic E-state index is -0.0507. The van der Waals surface area contributed by atoms with Crippen molar-refractivity contribution in [3.63, 3.8) is 0 Å². The first-order valence-corrected chi connectivity index (χ1v) is 7.74. The van der Waals surface area contributed by atoms with Gasteiger partial charge in [0.1, 0.15) is 0 Å². The van der Waals surface area contributed by atoms with Gasteiger partial charge in [-0.1, -0.05) is 19.1 Å². The van der Waals surface area contributed by atoms with Gasteiger partial charge in [0, 0.05) is 19.6 Å². The van der Waals surface area contributed by atoms with E-state index in [1.807, 2.05) is 24.3 Å². The van der Waals surface area contributed by atoms with Crippen LogP contribution in [0.1, 0.15) is 19.8 Å². The number of para-hydroxylation sites is 1. The number of hydrogen-bond acceptors (Lipinski definition) is 4. The molecule has 1 aromatic carbocycles. The van der Waals surface area contributed by atoms with Crippen LogP contribution in [-0.4, -0.2) is 47.6 Å². The highest BCUT2D eigenvalue weighted by Crippen LogP contribution is 2.14. The fraction of sp³-hybridized carbons (Fsp3) is 0.500. The summed E-state index contributed by atoms with van der Waals surface area (Å²) in [6.07, 6.45) is 2.29. The summed E-state index contributed by atoms with van der Waals surface area (Å²) in [4.78, 5) is 24.4. The molecular weight excluding hydrogens is 264 g/mol. The molecule has 0 amide bonds. The minimum Gasteiger partial charge on any atom is -0.341 e. The Labute approximate surface area is 124 Å². The van der Waals surface area contributed by atoms with E-state index in [0.717, 1.165) is 44.7 Å². The molecule has 2 aromatic rings. The molecule has 5 nitrogen and oxygen atoms in total. The summed E-state index contributed by atoms with van der Waals surface area (Å²) in [7, 11) is 0. The first-order valence-electron chi connectivity index (χ1n) is 7.74. The second-order valence-electron chi connectivity index (χ2n) is 5.59. The average Bonchev–Trinajstić information content (AvgIpc) is 2.73. The maximum Gasteiger partial charge on any atom is 0.260 e. The van der Waals surface area contributed by atoms with E-state index in [1.165, 1.54) is 6.42 Å². The molecule has 1 fully saturated rings. The number of anilines is 1. The summed E-state index contributed by atoms with van der Waals surface area (Å²) in [6, 6.07) is 7.50. The number of aromatic nitrogens is 2. The van der Waals surface area contributed by atoms with Crippen LogP contribution in [-0.2, 0) is 0 Å². The zero-order chi connectivity index (χ0) is 14.7. The molecule has 0 unspecified atom stereocenters. The molecule has 112 valence electrons. The second kappa shape index (κ2) is 6.26. The van der Waals surface area contributed by atoms with E-state index in [0.29, 0.717) is 11.3 Å². The molecule has 1 N–H and O–H groups in total. The van der Waals surface area contributed by atoms with E-state index >= 15 is 0 Å². The Balaban J connectivity index is 1.85. The summed E-state index contributed by atoms with van der Waals surface area (Å²) in [5.74, 6) is 0.706. The van der Waals surface area contributed by atoms with Gasteiger partial charge in [-0.05, 0) is 38.1 Å². The molecule has 1 aliphatic rings. The lowest BCUT2D eigenvalue weighted by Crippen LogP contribution is -2.33. The Morgan fingerprint density at radius 2 is 2.05 bits per heavy atom. The fourth-order valence-corrected chi connectivity index (χ4v) is 2.95. The zero-order valence-electron chi connectivity index (χ0n) is 12.5. The smallest absolute Gasteiger partial charge is 0.260 e. The highest BCUT2D eigenvalue weighted by Gasteiger charge is 2.16. The number of hydrogen-bond donors (Lipinski definition) is 1. The first-order chi connectivity index (χ1) is 10.3. The van der Waals surface area contributed by atoms with Gasteiger partial charge in [-0.25, -0.2) is 4.98 Å². The average molecular weight is 286 g/mol. The van der Waals surface area contributed by atoms with E-state index in [1.54, 1.807) is 0 Å². The molecule has 0 saturated carbocycles. The van der Waals surface area contributed by atoms with Gasteiger partial charge < -0.3 is 9.80 Å². The van der Waals surface area contributed by atoms with Crippen LogP contribution in [0.4, 0.5) is 5.95 Å². The summed E-state index contributed by atoms with van der Waals surface area (Å²) in [5.41, 5.74) is 0.719. The normalized spacial score (nSPS) is 17.1. The third kappa shape index (κ3) is 3.08. The molecule has 0 radical (unpaired) electrons. The van der Waals surface area contributed by atoms with Crippen molar-refractivity contribution in [1.29, 1.82) is 0 Å². The predicted molar refractivity (Wildman–Crippen MR) is 85.9 cm³/mol. The SMILES string of the molecule is CCCN1CCCN(c2nc3ccccc3c(=O)[nH]2)CC1. The third-order valence-corrected chi connectivity index (χ3v) is 4.03. The Morgan fingerprint density at radius 3 is 2.90 bits per heavy atom. The molecule has 0 spiro atoms. The van der Waals surface area contributed by atoms with Crippen LogP contribution in [0.2, 0.25) is 0 Å². The van der Waals surface area contributed by atoms with Gasteiger partial charge in [-0.3, -0.25) is 9.78 Å². The summed E-state index contributed by atoms with van der Waals surface area (Å²) in [5, 5.41) is 0.656. The molecule has 2 heterocycles. The number of H-pyrrole nitrogens is 1. The van der Waals surface area contributed by atoms with Gasteiger partial charge in [0.2, 0.25) is 5.95 Å². The lowest BCUT2D eigenvalue weighted by molar-refractivity contribution is 0.294. The first kappa shape index (κ1) is 14.1. The van der Waals surface area contributed by atoms with E-state index in [4.69, 9.17) is 0 Å². The van der Waals surface area contributed by atoms with Gasteiger partial charge in [-0.15, -0.1) is 0 Å². The van der Waals surface area contributed by atoms with E-state index in [2.05, 4.69) is 26.7 Å². The van der Waals surface area contributed by atoms with Crippen LogP contribution < -0.4 is 10.5 Å². The number of rotatable bonds is 3. The van der Waals surface area contributed by atoms with Crippen LogP contribution in [0.5, 0.6) is 0 Å². The molecule has 1 aromatic heterocycles. The van der Waals surface area contributed by atoms with Crippen LogP contribution in [0, 0.1) is 0 Å². The van der Waals surface area contributed by atoms with Crippen molar-refractivity contribution in [3.8, 4) is 0 Å². The van der Waals surface area contributed by atoms with Gasteiger partial charge in [0.25, 0.3) is 5.56 Å². The summed E-state index contributed by atoms with van der Waals surface area (Å²) in [6.45, 7) is 7.38. The molecule has 0 aliphatic carbocycles. The van der Waals surface area contributed by atoms with E-state index in [-0.39, 0.29) is 5.56 Å². The van der Waals surface area contributed by atoms with Crippen molar-refractivity contribution in [2.75, 3.05) is 37.6 Å². The topological polar surface area (TPSA) is 52.2 Å². The Kier molecular flexibility index (Phi) is 4.20. The van der Waals surface area contributed by atoms with Crippen molar-refractivity contribution in [1.82, 2.24) is 14.9 Å². The van der Waals surface area contributed by atoms with Crippen molar-refractivity contribution in [2.24, 2.45) is 0 Å². The van der Waals surface area contributed by atoms with Gasteiger partial charge in [-0.2, -0.15) is 0 Å². The Bertz CT molecular complexity index is 667. The van der Waals surface area contributed by atoms with Crippen molar-refractivity contribution in [2.45, 2.75) is 19.8 Å². The lowest BCUT2D eigenvalue weighted by Gasteiger charge is -2.22. The van der Waals surface area contributed by atoms with Crippen molar-refractivity contribution >= 4 is 16.9 Å². The molecule has 0 atom stereocenters. The Morgan fingerprint density at radius 1 is 1.19 bits per heavy atom. The molecule has 0 bridgehead atoms. The molecule has 3 rings (SSSR count). The molecule has 1 saturated heterocycles.